The van der Waals surface area contributed by atoms with Crippen molar-refractivity contribution in [1.29, 1.82) is 0 Å². The first-order valence-corrected chi connectivity index (χ1v) is 31.0. The molecule has 1 rings (SSSR count). The molecule has 6 N–H and O–H groups in total. The average molecular weight is 1080 g/mol. The number of nitrogens with one attached hydrogen (secondary N) is 1. The van der Waals surface area contributed by atoms with Crippen molar-refractivity contribution in [2.75, 3.05) is 13.2 Å². The van der Waals surface area contributed by atoms with Gasteiger partial charge in [-0.25, -0.2) is 0 Å². The topological polar surface area (TPSA) is 175 Å². The van der Waals surface area contributed by atoms with Crippen molar-refractivity contribution in [3.63, 3.8) is 0 Å². The molecule has 8 atom stereocenters. The Morgan fingerprint density at radius 3 is 1.45 bits per heavy atom. The quantitative estimate of drug-likeness (QED) is 0.0195. The second-order valence-corrected chi connectivity index (χ2v) is 21.0. The maximum absolute atomic E-state index is 13.3. The van der Waals surface area contributed by atoms with E-state index >= 15 is 0 Å². The molecule has 77 heavy (non-hydrogen) atoms. The summed E-state index contributed by atoms with van der Waals surface area (Å²) in [6.07, 6.45) is 60.3. The second kappa shape index (κ2) is 53.2. The fourth-order valence-corrected chi connectivity index (χ4v) is 9.05. The molecule has 0 aliphatic carbocycles. The van der Waals surface area contributed by atoms with Crippen molar-refractivity contribution >= 4 is 11.9 Å². The standard InChI is InChI=1S/C66H113NO10/c1-4-7-10-13-16-19-22-23-24-25-26-27-28-29-30-31-32-33-34-35-36-37-39-42-45-48-51-54-61(71)77-64-63(73)62(72)60(55-68)76-66(64)75-56-57(58(69)52-49-46-43-41-38-20-17-14-11-8-5-2)67-65(74)59(70)53-50-47-44-40-21-18-15-12-9-6-3/h7,10,15-16,18-19,23-24,26-27,29-30,32-33,49,52,57-60,62-64,66,68-70,72-73H,4-6,8-9,11-14,17,20-22,25,28,31,34-48,50-51,53-56H2,1-3H3,(H,67,74)/b10-7-,18-15-,19-16-,24-23-,27-26-,30-29-,33-32-,52-49+. The molecule has 1 heterocycles. The molecule has 1 saturated heterocycles. The minimum atomic E-state index is -1.62. The summed E-state index contributed by atoms with van der Waals surface area (Å²) in [5.41, 5.74) is 0. The summed E-state index contributed by atoms with van der Waals surface area (Å²) in [4.78, 5) is 26.5. The maximum Gasteiger partial charge on any atom is 0.306 e. The van der Waals surface area contributed by atoms with Crippen LogP contribution in [0.1, 0.15) is 245 Å². The van der Waals surface area contributed by atoms with Gasteiger partial charge < -0.3 is 45.1 Å². The minimum absolute atomic E-state index is 0.108. The van der Waals surface area contributed by atoms with E-state index in [0.717, 1.165) is 122 Å². The summed E-state index contributed by atoms with van der Waals surface area (Å²) in [7, 11) is 0. The molecule has 11 heteroatoms. The van der Waals surface area contributed by atoms with E-state index in [1.165, 1.54) is 77.0 Å². The van der Waals surface area contributed by atoms with E-state index < -0.39 is 67.4 Å². The first-order chi connectivity index (χ1) is 37.7. The summed E-state index contributed by atoms with van der Waals surface area (Å²) in [5.74, 6) is -1.22. The lowest BCUT2D eigenvalue weighted by molar-refractivity contribution is -0.305. The number of rotatable bonds is 51. The third-order valence-corrected chi connectivity index (χ3v) is 14.0. The van der Waals surface area contributed by atoms with Crippen LogP contribution in [0.5, 0.6) is 0 Å². The maximum atomic E-state index is 13.3. The first kappa shape index (κ1) is 71.6. The highest BCUT2D eigenvalue weighted by Crippen LogP contribution is 2.26. The molecule has 11 nitrogen and oxygen atoms in total. The molecule has 1 amide bonds. The van der Waals surface area contributed by atoms with Gasteiger partial charge >= 0.3 is 5.97 Å². The van der Waals surface area contributed by atoms with Crippen LogP contribution in [0.2, 0.25) is 0 Å². The summed E-state index contributed by atoms with van der Waals surface area (Å²) in [6.45, 7) is 5.59. The van der Waals surface area contributed by atoms with Gasteiger partial charge in [-0.3, -0.25) is 9.59 Å². The van der Waals surface area contributed by atoms with Gasteiger partial charge in [0.1, 0.15) is 24.4 Å². The van der Waals surface area contributed by atoms with E-state index in [9.17, 15) is 35.1 Å². The zero-order valence-corrected chi connectivity index (χ0v) is 48.8. The van der Waals surface area contributed by atoms with Crippen LogP contribution in [0.15, 0.2) is 97.2 Å². The number of amides is 1. The molecular formula is C66H113NO10. The number of hydrogen-bond acceptors (Lipinski definition) is 10. The van der Waals surface area contributed by atoms with E-state index in [2.05, 4.69) is 111 Å². The number of aliphatic hydroxyl groups excluding tert-OH is 5. The number of ether oxygens (including phenoxy) is 3. The van der Waals surface area contributed by atoms with Gasteiger partial charge in [0, 0.05) is 6.42 Å². The fourth-order valence-electron chi connectivity index (χ4n) is 9.05. The Morgan fingerprint density at radius 1 is 0.519 bits per heavy atom. The Hall–Kier alpha value is -3.42. The van der Waals surface area contributed by atoms with E-state index in [-0.39, 0.29) is 19.4 Å². The van der Waals surface area contributed by atoms with Gasteiger partial charge in [0.05, 0.1) is 25.4 Å². The Bertz CT molecular complexity index is 1620. The fraction of sp³-hybridized carbons (Fsp3) is 0.727. The van der Waals surface area contributed by atoms with Crippen LogP contribution in [-0.2, 0) is 23.8 Å². The van der Waals surface area contributed by atoms with Crippen LogP contribution in [0, 0.1) is 0 Å². The molecule has 0 aromatic carbocycles. The molecule has 0 aromatic heterocycles. The summed E-state index contributed by atoms with van der Waals surface area (Å²) < 4.78 is 17.6. The minimum Gasteiger partial charge on any atom is -0.454 e. The van der Waals surface area contributed by atoms with Crippen molar-refractivity contribution < 1.29 is 49.3 Å². The summed E-state index contributed by atoms with van der Waals surface area (Å²) >= 11 is 0. The van der Waals surface area contributed by atoms with E-state index in [4.69, 9.17) is 14.2 Å². The van der Waals surface area contributed by atoms with Crippen molar-refractivity contribution in [1.82, 2.24) is 5.32 Å². The van der Waals surface area contributed by atoms with Gasteiger partial charge in [-0.15, -0.1) is 0 Å². The van der Waals surface area contributed by atoms with Crippen LogP contribution in [-0.4, -0.2) is 99.6 Å². The largest absolute Gasteiger partial charge is 0.454 e. The van der Waals surface area contributed by atoms with Gasteiger partial charge in [-0.1, -0.05) is 240 Å². The Labute approximate surface area is 469 Å². The SMILES string of the molecule is CC/C=C\C/C=C\C/C=C\C/C=C\C/C=C\C/C=C\CCCCCCCCCCC(=O)OC1C(OCC(NC(=O)C(O)CCCCCC/C=C\CCCC)C(O)/C=C/CCCCCCCCCCC)OC(CO)C(O)C1O. The highest BCUT2D eigenvalue weighted by molar-refractivity contribution is 5.80. The van der Waals surface area contributed by atoms with Gasteiger partial charge in [-0.05, 0) is 96.3 Å². The van der Waals surface area contributed by atoms with Crippen LogP contribution in [0.4, 0.5) is 0 Å². The number of carbonyl (C=O) groups excluding carboxylic acids is 2. The third-order valence-electron chi connectivity index (χ3n) is 14.0. The second-order valence-electron chi connectivity index (χ2n) is 21.0. The van der Waals surface area contributed by atoms with Crippen molar-refractivity contribution in [2.24, 2.45) is 0 Å². The number of unbranched alkanes of at least 4 members (excludes halogenated alkanes) is 23. The Kier molecular flexibility index (Phi) is 49.5. The predicted octanol–water partition coefficient (Wildman–Crippen LogP) is 14.7. The molecule has 8 unspecified atom stereocenters. The number of carbonyl (C=O) groups is 2. The third kappa shape index (κ3) is 41.3. The smallest absolute Gasteiger partial charge is 0.306 e. The van der Waals surface area contributed by atoms with E-state index in [1.807, 2.05) is 6.08 Å². The number of esters is 1. The molecule has 0 bridgehead atoms. The Balaban J connectivity index is 2.57. The summed E-state index contributed by atoms with van der Waals surface area (Å²) in [6, 6.07) is -1.03. The van der Waals surface area contributed by atoms with Crippen molar-refractivity contribution in [2.45, 2.75) is 294 Å². The monoisotopic (exact) mass is 1080 g/mol. The van der Waals surface area contributed by atoms with E-state index in [1.54, 1.807) is 6.08 Å². The number of hydrogen-bond donors (Lipinski definition) is 6. The molecule has 442 valence electrons. The molecule has 1 aliphatic heterocycles. The van der Waals surface area contributed by atoms with Gasteiger partial charge in [0.15, 0.2) is 12.4 Å². The van der Waals surface area contributed by atoms with Crippen LogP contribution in [0.25, 0.3) is 0 Å². The number of aliphatic hydroxyl groups is 5. The van der Waals surface area contributed by atoms with Crippen LogP contribution < -0.4 is 5.32 Å². The molecule has 1 fully saturated rings. The van der Waals surface area contributed by atoms with Gasteiger partial charge in [0.25, 0.3) is 0 Å². The summed E-state index contributed by atoms with van der Waals surface area (Å²) in [5, 5.41) is 56.8. The highest BCUT2D eigenvalue weighted by atomic mass is 16.7. The highest BCUT2D eigenvalue weighted by Gasteiger charge is 2.47. The molecule has 0 aromatic rings. The van der Waals surface area contributed by atoms with Crippen LogP contribution in [0.3, 0.4) is 0 Å². The Morgan fingerprint density at radius 2 is 0.948 bits per heavy atom. The van der Waals surface area contributed by atoms with Crippen molar-refractivity contribution in [3.8, 4) is 0 Å². The van der Waals surface area contributed by atoms with E-state index in [0.29, 0.717) is 12.8 Å². The zero-order chi connectivity index (χ0) is 56.1. The zero-order valence-electron chi connectivity index (χ0n) is 48.8. The normalized spacial score (nSPS) is 19.7. The molecule has 0 radical (unpaired) electrons. The van der Waals surface area contributed by atoms with Crippen LogP contribution >= 0.6 is 0 Å². The molecular weight excluding hydrogens is 967 g/mol. The molecule has 0 saturated carbocycles. The number of allylic oxidation sites excluding steroid dienone is 15. The van der Waals surface area contributed by atoms with Gasteiger partial charge in [-0.2, -0.15) is 0 Å². The lowest BCUT2D eigenvalue weighted by Gasteiger charge is -2.41. The predicted molar refractivity (Wildman–Crippen MR) is 319 cm³/mol. The average Bonchev–Trinajstić information content (AvgIpc) is 3.43. The molecule has 0 spiro atoms. The van der Waals surface area contributed by atoms with Gasteiger partial charge in [0.2, 0.25) is 5.91 Å². The lowest BCUT2D eigenvalue weighted by atomic mass is 9.99. The first-order valence-electron chi connectivity index (χ1n) is 31.0. The molecule has 1 aliphatic rings. The lowest BCUT2D eigenvalue weighted by Crippen LogP contribution is -2.61. The van der Waals surface area contributed by atoms with Crippen molar-refractivity contribution in [3.05, 3.63) is 97.2 Å².